The molecule has 1 aliphatic rings. The van der Waals surface area contributed by atoms with Gasteiger partial charge in [-0.05, 0) is 48.2 Å². The molecule has 102 valence electrons. The molecule has 0 unspecified atom stereocenters. The van der Waals surface area contributed by atoms with E-state index in [1.54, 1.807) is 6.26 Å². The summed E-state index contributed by atoms with van der Waals surface area (Å²) in [4.78, 5) is 4.75. The number of furan rings is 1. The Morgan fingerprint density at radius 1 is 1.35 bits per heavy atom. The molecule has 1 aromatic carbocycles. The first-order valence-corrected chi connectivity index (χ1v) is 7.10. The van der Waals surface area contributed by atoms with Crippen LogP contribution >= 0.6 is 11.6 Å². The van der Waals surface area contributed by atoms with Crippen LogP contribution in [-0.4, -0.2) is 9.55 Å². The Hall–Kier alpha value is -1.78. The average molecular weight is 288 g/mol. The predicted molar refractivity (Wildman–Crippen MR) is 78.6 cm³/mol. The first-order valence-electron chi connectivity index (χ1n) is 6.72. The summed E-state index contributed by atoms with van der Waals surface area (Å²) in [6.45, 7) is 0.522. The summed E-state index contributed by atoms with van der Waals surface area (Å²) in [5.41, 5.74) is 9.74. The lowest BCUT2D eigenvalue weighted by Gasteiger charge is -2.06. The van der Waals surface area contributed by atoms with Crippen molar-refractivity contribution in [3.63, 3.8) is 0 Å². The van der Waals surface area contributed by atoms with E-state index in [4.69, 9.17) is 26.7 Å². The molecule has 2 heterocycles. The molecule has 20 heavy (non-hydrogen) atoms. The smallest absolute Gasteiger partial charge is 0.203 e. The van der Waals surface area contributed by atoms with Crippen LogP contribution in [0.3, 0.4) is 0 Å². The van der Waals surface area contributed by atoms with Gasteiger partial charge in [0.15, 0.2) is 0 Å². The van der Waals surface area contributed by atoms with Crippen LogP contribution in [0, 0.1) is 0 Å². The van der Waals surface area contributed by atoms with Crippen molar-refractivity contribution in [3.8, 4) is 11.4 Å². The molecule has 2 N–H and O–H groups in total. The molecule has 0 aliphatic heterocycles. The third-order valence-corrected chi connectivity index (χ3v) is 4.05. The first-order chi connectivity index (χ1) is 9.78. The van der Waals surface area contributed by atoms with E-state index in [9.17, 15) is 0 Å². The van der Waals surface area contributed by atoms with Crippen LogP contribution in [0.1, 0.15) is 24.4 Å². The van der Waals surface area contributed by atoms with Crippen molar-refractivity contribution >= 4 is 22.6 Å². The molecule has 0 amide bonds. The van der Waals surface area contributed by atoms with E-state index in [-0.39, 0.29) is 0 Å². The number of nitrogens with two attached hydrogens (primary N) is 1. The summed E-state index contributed by atoms with van der Waals surface area (Å²) in [6, 6.07) is 8.59. The highest BCUT2D eigenvalue weighted by molar-refractivity contribution is 6.31. The normalized spacial score (nSPS) is 15.1. The second-order valence-corrected chi connectivity index (χ2v) is 5.52. The fourth-order valence-corrected chi connectivity index (χ4v) is 2.82. The zero-order valence-corrected chi connectivity index (χ0v) is 11.6. The van der Waals surface area contributed by atoms with Gasteiger partial charge in [0, 0.05) is 12.6 Å². The third-order valence-electron chi connectivity index (χ3n) is 3.76. The Morgan fingerprint density at radius 2 is 2.20 bits per heavy atom. The van der Waals surface area contributed by atoms with Crippen molar-refractivity contribution < 1.29 is 4.42 Å². The lowest BCUT2D eigenvalue weighted by Crippen LogP contribution is -1.98. The van der Waals surface area contributed by atoms with Gasteiger partial charge in [0.05, 0.1) is 22.9 Å². The number of fused-ring (bicyclic) bond motifs is 1. The Bertz CT molecular complexity index is 786. The highest BCUT2D eigenvalue weighted by Crippen LogP contribution is 2.42. The van der Waals surface area contributed by atoms with Crippen molar-refractivity contribution in [2.75, 3.05) is 0 Å². The van der Waals surface area contributed by atoms with Gasteiger partial charge in [0.1, 0.15) is 5.82 Å². The summed E-state index contributed by atoms with van der Waals surface area (Å²) < 4.78 is 7.48. The molecular weight excluding hydrogens is 274 g/mol. The lowest BCUT2D eigenvalue weighted by atomic mass is 10.2. The fraction of sp³-hybridized carbons (Fsp3) is 0.267. The molecule has 2 aromatic heterocycles. The van der Waals surface area contributed by atoms with Crippen LogP contribution in [-0.2, 0) is 6.54 Å². The Kier molecular flexibility index (Phi) is 2.62. The Morgan fingerprint density at radius 3 is 2.85 bits per heavy atom. The highest BCUT2D eigenvalue weighted by Gasteiger charge is 2.29. The van der Waals surface area contributed by atoms with Crippen LogP contribution in [0.5, 0.6) is 0 Å². The van der Waals surface area contributed by atoms with E-state index in [0.29, 0.717) is 17.8 Å². The molecule has 5 heteroatoms. The maximum absolute atomic E-state index is 6.12. The molecule has 1 saturated carbocycles. The molecule has 3 aromatic rings. The first kappa shape index (κ1) is 12.0. The second kappa shape index (κ2) is 4.36. The van der Waals surface area contributed by atoms with Gasteiger partial charge in [-0.15, -0.1) is 0 Å². The maximum Gasteiger partial charge on any atom is 0.203 e. The van der Waals surface area contributed by atoms with Gasteiger partial charge in [0.2, 0.25) is 5.22 Å². The fourth-order valence-electron chi connectivity index (χ4n) is 2.62. The molecule has 0 spiro atoms. The van der Waals surface area contributed by atoms with E-state index in [2.05, 4.69) is 16.7 Å². The number of aromatic nitrogens is 2. The summed E-state index contributed by atoms with van der Waals surface area (Å²) in [5, 5.41) is 0.390. The molecule has 0 bridgehead atoms. The molecule has 1 aliphatic carbocycles. The van der Waals surface area contributed by atoms with E-state index >= 15 is 0 Å². The number of imidazole rings is 1. The lowest BCUT2D eigenvalue weighted by molar-refractivity contribution is 0.569. The van der Waals surface area contributed by atoms with E-state index in [0.717, 1.165) is 28.0 Å². The van der Waals surface area contributed by atoms with Crippen LogP contribution in [0.2, 0.25) is 5.22 Å². The van der Waals surface area contributed by atoms with E-state index < -0.39 is 0 Å². The van der Waals surface area contributed by atoms with Crippen molar-refractivity contribution in [2.24, 2.45) is 5.73 Å². The van der Waals surface area contributed by atoms with Gasteiger partial charge in [-0.25, -0.2) is 4.98 Å². The van der Waals surface area contributed by atoms with Crippen LogP contribution in [0.4, 0.5) is 0 Å². The zero-order chi connectivity index (χ0) is 13.7. The van der Waals surface area contributed by atoms with Gasteiger partial charge in [-0.1, -0.05) is 6.07 Å². The monoisotopic (exact) mass is 287 g/mol. The number of hydrogen-bond acceptors (Lipinski definition) is 3. The number of halogens is 1. The van der Waals surface area contributed by atoms with Crippen LogP contribution < -0.4 is 5.73 Å². The van der Waals surface area contributed by atoms with Gasteiger partial charge in [0.25, 0.3) is 0 Å². The standard InChI is InChI=1S/C15H14ClN3O/c16-14-11(5-6-20-14)15-18-12-7-9(8-17)1-4-13(12)19(15)10-2-3-10/h1,4-7,10H,2-3,8,17H2. The molecule has 0 atom stereocenters. The summed E-state index contributed by atoms with van der Waals surface area (Å²) in [5.74, 6) is 0.885. The quantitative estimate of drug-likeness (QED) is 0.798. The Labute approximate surface area is 121 Å². The molecule has 0 radical (unpaired) electrons. The number of rotatable bonds is 3. The van der Waals surface area contributed by atoms with Gasteiger partial charge in [-0.3, -0.25) is 0 Å². The summed E-state index contributed by atoms with van der Waals surface area (Å²) in [6.07, 6.45) is 3.97. The van der Waals surface area contributed by atoms with Crippen molar-refractivity contribution in [2.45, 2.75) is 25.4 Å². The maximum atomic E-state index is 6.12. The minimum atomic E-state index is 0.390. The second-order valence-electron chi connectivity index (χ2n) is 5.17. The number of benzene rings is 1. The van der Waals surface area contributed by atoms with Crippen molar-refractivity contribution in [1.82, 2.24) is 9.55 Å². The zero-order valence-electron chi connectivity index (χ0n) is 10.8. The summed E-state index contributed by atoms with van der Waals surface area (Å²) >= 11 is 6.12. The summed E-state index contributed by atoms with van der Waals surface area (Å²) in [7, 11) is 0. The molecule has 4 nitrogen and oxygen atoms in total. The highest BCUT2D eigenvalue weighted by atomic mass is 35.5. The van der Waals surface area contributed by atoms with Gasteiger partial charge in [-0.2, -0.15) is 0 Å². The van der Waals surface area contributed by atoms with Crippen LogP contribution in [0.25, 0.3) is 22.4 Å². The van der Waals surface area contributed by atoms with Crippen molar-refractivity contribution in [3.05, 3.63) is 41.3 Å². The molecular formula is C15H14ClN3O. The Balaban J connectivity index is 1.99. The largest absolute Gasteiger partial charge is 0.452 e. The predicted octanol–water partition coefficient (Wildman–Crippen LogP) is 3.74. The number of hydrogen-bond donors (Lipinski definition) is 1. The van der Waals surface area contributed by atoms with Gasteiger partial charge >= 0.3 is 0 Å². The minimum absolute atomic E-state index is 0.390. The molecule has 1 fully saturated rings. The molecule has 4 rings (SSSR count). The van der Waals surface area contributed by atoms with E-state index in [1.165, 1.54) is 12.8 Å². The van der Waals surface area contributed by atoms with Crippen LogP contribution in [0.15, 0.2) is 34.9 Å². The van der Waals surface area contributed by atoms with Gasteiger partial charge < -0.3 is 14.7 Å². The molecule has 0 saturated heterocycles. The van der Waals surface area contributed by atoms with Crippen molar-refractivity contribution in [1.29, 1.82) is 0 Å². The SMILES string of the molecule is NCc1ccc2c(c1)nc(-c1ccoc1Cl)n2C1CC1. The third kappa shape index (κ3) is 1.76. The topological polar surface area (TPSA) is 57.0 Å². The minimum Gasteiger partial charge on any atom is -0.452 e. The average Bonchev–Trinajstić information content (AvgIpc) is 3.10. The van der Waals surface area contributed by atoms with E-state index in [1.807, 2.05) is 12.1 Å². The number of nitrogens with zero attached hydrogens (tertiary/aromatic N) is 2.